The Labute approximate surface area is 109 Å². The van der Waals surface area contributed by atoms with Crippen molar-refractivity contribution >= 4 is 11.6 Å². The fraction of sp³-hybridized carbons (Fsp3) is 0. The van der Waals surface area contributed by atoms with E-state index in [0.29, 0.717) is 16.7 Å². The highest BCUT2D eigenvalue weighted by Crippen LogP contribution is 2.23. The molecule has 3 nitrogen and oxygen atoms in total. The summed E-state index contributed by atoms with van der Waals surface area (Å²) in [5.41, 5.74) is 1.74. The molecular weight excluding hydrogens is 248 g/mol. The van der Waals surface area contributed by atoms with Crippen LogP contribution in [-0.2, 0) is 0 Å². The minimum atomic E-state index is 0.505. The zero-order valence-electron chi connectivity index (χ0n) is 9.38. The van der Waals surface area contributed by atoms with Crippen molar-refractivity contribution in [3.8, 4) is 22.8 Å². The number of rotatable bonds is 2. The first kappa shape index (κ1) is 11.0. The number of benzene rings is 2. The zero-order valence-corrected chi connectivity index (χ0v) is 10.1. The van der Waals surface area contributed by atoms with Crippen LogP contribution in [0.3, 0.4) is 0 Å². The Bertz CT molecular complexity index is 664. The van der Waals surface area contributed by atoms with E-state index in [2.05, 4.69) is 10.1 Å². The van der Waals surface area contributed by atoms with E-state index in [1.54, 1.807) is 6.07 Å². The van der Waals surface area contributed by atoms with Crippen molar-refractivity contribution in [2.24, 2.45) is 0 Å². The van der Waals surface area contributed by atoms with E-state index in [4.69, 9.17) is 16.1 Å². The number of aromatic nitrogens is 2. The number of nitrogens with zero attached hydrogens (tertiary/aromatic N) is 2. The molecule has 1 aromatic heterocycles. The van der Waals surface area contributed by atoms with Crippen molar-refractivity contribution in [2.75, 3.05) is 0 Å². The topological polar surface area (TPSA) is 38.9 Å². The Kier molecular flexibility index (Phi) is 2.82. The largest absolute Gasteiger partial charge is 0.334 e. The fourth-order valence-corrected chi connectivity index (χ4v) is 1.86. The minimum absolute atomic E-state index is 0.505. The molecule has 0 unspecified atom stereocenters. The maximum atomic E-state index is 5.93. The molecule has 0 atom stereocenters. The average Bonchev–Trinajstić information content (AvgIpc) is 2.89. The second-order valence-electron chi connectivity index (χ2n) is 3.80. The molecule has 0 amide bonds. The van der Waals surface area contributed by atoms with Crippen LogP contribution in [0.25, 0.3) is 22.8 Å². The molecule has 0 N–H and O–H groups in total. The van der Waals surface area contributed by atoms with Crippen molar-refractivity contribution in [1.82, 2.24) is 10.1 Å². The third kappa shape index (κ3) is 2.13. The summed E-state index contributed by atoms with van der Waals surface area (Å²) in [6, 6.07) is 17.0. The Morgan fingerprint density at radius 2 is 1.67 bits per heavy atom. The molecule has 0 spiro atoms. The van der Waals surface area contributed by atoms with Crippen LogP contribution in [0.4, 0.5) is 0 Å². The van der Waals surface area contributed by atoms with Gasteiger partial charge in [0.1, 0.15) is 0 Å². The highest BCUT2D eigenvalue weighted by Gasteiger charge is 2.10. The highest BCUT2D eigenvalue weighted by atomic mass is 35.5. The van der Waals surface area contributed by atoms with Crippen LogP contribution in [0, 0.1) is 0 Å². The molecule has 0 saturated carbocycles. The van der Waals surface area contributed by atoms with Crippen molar-refractivity contribution in [2.45, 2.75) is 0 Å². The van der Waals surface area contributed by atoms with Gasteiger partial charge in [0, 0.05) is 16.1 Å². The summed E-state index contributed by atoms with van der Waals surface area (Å²) in [6.45, 7) is 0. The molecule has 0 bridgehead atoms. The number of hydrogen-bond donors (Lipinski definition) is 0. The lowest BCUT2D eigenvalue weighted by atomic mass is 10.2. The molecule has 0 radical (unpaired) electrons. The van der Waals surface area contributed by atoms with Gasteiger partial charge in [-0.05, 0) is 24.3 Å². The van der Waals surface area contributed by atoms with Crippen LogP contribution in [0.15, 0.2) is 59.1 Å². The zero-order chi connectivity index (χ0) is 12.4. The van der Waals surface area contributed by atoms with E-state index < -0.39 is 0 Å². The first-order valence-electron chi connectivity index (χ1n) is 5.48. The van der Waals surface area contributed by atoms with Gasteiger partial charge in [0.05, 0.1) is 0 Å². The van der Waals surface area contributed by atoms with Gasteiger partial charge in [0.15, 0.2) is 0 Å². The third-order valence-electron chi connectivity index (χ3n) is 2.53. The van der Waals surface area contributed by atoms with Crippen molar-refractivity contribution in [3.63, 3.8) is 0 Å². The SMILES string of the molecule is Clc1cccc(-c2noc(-c3ccccc3)n2)c1. The lowest BCUT2D eigenvalue weighted by molar-refractivity contribution is 0.432. The normalized spacial score (nSPS) is 10.5. The Balaban J connectivity index is 2.00. The molecular formula is C14H9ClN2O. The summed E-state index contributed by atoms with van der Waals surface area (Å²) in [7, 11) is 0. The predicted octanol–water partition coefficient (Wildman–Crippen LogP) is 4.06. The number of hydrogen-bond acceptors (Lipinski definition) is 3. The first-order chi connectivity index (χ1) is 8.83. The third-order valence-corrected chi connectivity index (χ3v) is 2.76. The van der Waals surface area contributed by atoms with Crippen LogP contribution < -0.4 is 0 Å². The molecule has 3 aromatic rings. The fourth-order valence-electron chi connectivity index (χ4n) is 1.67. The molecule has 0 aliphatic rings. The Morgan fingerprint density at radius 3 is 2.44 bits per heavy atom. The monoisotopic (exact) mass is 256 g/mol. The van der Waals surface area contributed by atoms with Crippen molar-refractivity contribution in [1.29, 1.82) is 0 Å². The van der Waals surface area contributed by atoms with Crippen molar-refractivity contribution in [3.05, 3.63) is 59.6 Å². The van der Waals surface area contributed by atoms with Gasteiger partial charge in [-0.25, -0.2) is 0 Å². The predicted molar refractivity (Wildman–Crippen MR) is 70.2 cm³/mol. The summed E-state index contributed by atoms with van der Waals surface area (Å²) in [4.78, 5) is 4.36. The van der Waals surface area contributed by atoms with Crippen LogP contribution >= 0.6 is 11.6 Å². The van der Waals surface area contributed by atoms with E-state index in [1.165, 1.54) is 0 Å². The van der Waals surface area contributed by atoms with Crippen LogP contribution in [0.5, 0.6) is 0 Å². The van der Waals surface area contributed by atoms with E-state index in [9.17, 15) is 0 Å². The quantitative estimate of drug-likeness (QED) is 0.694. The first-order valence-corrected chi connectivity index (χ1v) is 5.86. The summed E-state index contributed by atoms with van der Waals surface area (Å²) in [5.74, 6) is 1.04. The van der Waals surface area contributed by atoms with Gasteiger partial charge in [-0.2, -0.15) is 4.98 Å². The molecule has 2 aromatic carbocycles. The van der Waals surface area contributed by atoms with Crippen molar-refractivity contribution < 1.29 is 4.52 Å². The number of halogens is 1. The van der Waals surface area contributed by atoms with Crippen LogP contribution in [0.2, 0.25) is 5.02 Å². The Hall–Kier alpha value is -2.13. The van der Waals surface area contributed by atoms with E-state index in [0.717, 1.165) is 11.1 Å². The van der Waals surface area contributed by atoms with Gasteiger partial charge in [-0.3, -0.25) is 0 Å². The van der Waals surface area contributed by atoms with Crippen LogP contribution in [0.1, 0.15) is 0 Å². The van der Waals surface area contributed by atoms with E-state index in [1.807, 2.05) is 48.5 Å². The molecule has 0 aliphatic carbocycles. The molecule has 88 valence electrons. The highest BCUT2D eigenvalue weighted by molar-refractivity contribution is 6.30. The molecule has 0 aliphatic heterocycles. The van der Waals surface area contributed by atoms with Crippen LogP contribution in [-0.4, -0.2) is 10.1 Å². The van der Waals surface area contributed by atoms with Gasteiger partial charge >= 0.3 is 0 Å². The smallest absolute Gasteiger partial charge is 0.258 e. The maximum Gasteiger partial charge on any atom is 0.258 e. The standard InChI is InChI=1S/C14H9ClN2O/c15-12-8-4-7-11(9-12)13-16-14(18-17-13)10-5-2-1-3-6-10/h1-9H. The van der Waals surface area contributed by atoms with E-state index in [-0.39, 0.29) is 0 Å². The molecule has 0 saturated heterocycles. The van der Waals surface area contributed by atoms with Gasteiger partial charge in [0.2, 0.25) is 5.82 Å². The molecule has 3 rings (SSSR count). The minimum Gasteiger partial charge on any atom is -0.334 e. The molecule has 4 heteroatoms. The molecule has 1 heterocycles. The summed E-state index contributed by atoms with van der Waals surface area (Å²) < 4.78 is 5.24. The summed E-state index contributed by atoms with van der Waals surface area (Å²) in [6.07, 6.45) is 0. The lowest BCUT2D eigenvalue weighted by Gasteiger charge is -1.94. The second-order valence-corrected chi connectivity index (χ2v) is 4.24. The summed E-state index contributed by atoms with van der Waals surface area (Å²) >= 11 is 5.93. The summed E-state index contributed by atoms with van der Waals surface area (Å²) in [5, 5.41) is 4.61. The van der Waals surface area contributed by atoms with Gasteiger partial charge in [0.25, 0.3) is 5.89 Å². The van der Waals surface area contributed by atoms with Gasteiger partial charge in [-0.1, -0.05) is 47.1 Å². The molecule has 0 fully saturated rings. The second kappa shape index (κ2) is 4.63. The van der Waals surface area contributed by atoms with E-state index >= 15 is 0 Å². The Morgan fingerprint density at radius 1 is 0.889 bits per heavy atom. The lowest BCUT2D eigenvalue weighted by Crippen LogP contribution is -1.80. The average molecular weight is 257 g/mol. The maximum absolute atomic E-state index is 5.93. The van der Waals surface area contributed by atoms with Gasteiger partial charge in [-0.15, -0.1) is 0 Å². The van der Waals surface area contributed by atoms with Gasteiger partial charge < -0.3 is 4.52 Å². The molecule has 18 heavy (non-hydrogen) atoms.